The molecule has 4 rings (SSSR count). The van der Waals surface area contributed by atoms with E-state index in [0.29, 0.717) is 43.6 Å². The van der Waals surface area contributed by atoms with Crippen LogP contribution in [0.1, 0.15) is 24.2 Å². The summed E-state index contributed by atoms with van der Waals surface area (Å²) in [7, 11) is -3.45. The Bertz CT molecular complexity index is 1320. The predicted octanol–water partition coefficient (Wildman–Crippen LogP) is 4.29. The smallest absolute Gasteiger partial charge is 0.257 e. The minimum Gasteiger partial charge on any atom is -0.492 e. The predicted molar refractivity (Wildman–Crippen MR) is 135 cm³/mol. The Morgan fingerprint density at radius 3 is 2.47 bits per heavy atom. The first-order valence-electron chi connectivity index (χ1n) is 11.2. The van der Waals surface area contributed by atoms with Gasteiger partial charge in [0, 0.05) is 42.8 Å². The maximum Gasteiger partial charge on any atom is 0.257 e. The van der Waals surface area contributed by atoms with Gasteiger partial charge in [0.25, 0.3) is 5.91 Å². The van der Waals surface area contributed by atoms with Crippen LogP contribution in [0.4, 0.5) is 5.82 Å². The molecule has 1 saturated heterocycles. The molecule has 0 bridgehead atoms. The van der Waals surface area contributed by atoms with Gasteiger partial charge in [0.2, 0.25) is 0 Å². The second kappa shape index (κ2) is 9.80. The molecular weight excluding hydrogens is 474 g/mol. The SMILES string of the molecule is CC(C)COc1ccc(S(C)(=O)=O)cc1C(=O)N1CCN(c2ccc3cc(Cl)ccc3n2)CC1. The lowest BCUT2D eigenvalue weighted by molar-refractivity contribution is 0.0741. The number of sulfone groups is 1. The first-order valence-corrected chi connectivity index (χ1v) is 13.5. The fraction of sp³-hybridized carbons (Fsp3) is 0.360. The second-order valence-electron chi connectivity index (χ2n) is 8.92. The zero-order valence-electron chi connectivity index (χ0n) is 19.5. The molecule has 0 atom stereocenters. The highest BCUT2D eigenvalue weighted by atomic mass is 35.5. The van der Waals surface area contributed by atoms with E-state index in [0.717, 1.165) is 23.0 Å². The molecule has 1 amide bonds. The summed E-state index contributed by atoms with van der Waals surface area (Å²) < 4.78 is 30.0. The summed E-state index contributed by atoms with van der Waals surface area (Å²) in [4.78, 5) is 22.1. The average Bonchev–Trinajstić information content (AvgIpc) is 2.81. The molecular formula is C25H28ClN3O4S. The van der Waals surface area contributed by atoms with Crippen molar-refractivity contribution in [3.63, 3.8) is 0 Å². The third-order valence-electron chi connectivity index (χ3n) is 5.71. The number of halogens is 1. The van der Waals surface area contributed by atoms with E-state index in [1.165, 1.54) is 12.1 Å². The molecule has 1 aliphatic heterocycles. The van der Waals surface area contributed by atoms with Gasteiger partial charge in [0.1, 0.15) is 11.6 Å². The molecule has 2 heterocycles. The Labute approximate surface area is 205 Å². The summed E-state index contributed by atoms with van der Waals surface area (Å²) in [5.41, 5.74) is 1.14. The van der Waals surface area contributed by atoms with Gasteiger partial charge in [-0.3, -0.25) is 4.79 Å². The number of benzene rings is 2. The largest absolute Gasteiger partial charge is 0.492 e. The van der Waals surface area contributed by atoms with Crippen molar-refractivity contribution in [3.8, 4) is 5.75 Å². The number of piperazine rings is 1. The van der Waals surface area contributed by atoms with E-state index in [2.05, 4.69) is 4.90 Å². The van der Waals surface area contributed by atoms with Crippen molar-refractivity contribution < 1.29 is 17.9 Å². The van der Waals surface area contributed by atoms with Crippen LogP contribution in [0.25, 0.3) is 10.9 Å². The number of carbonyl (C=O) groups is 1. The third kappa shape index (κ3) is 5.45. The van der Waals surface area contributed by atoms with Crippen LogP contribution in [0.2, 0.25) is 5.02 Å². The van der Waals surface area contributed by atoms with E-state index in [1.807, 2.05) is 44.2 Å². The van der Waals surface area contributed by atoms with Crippen molar-refractivity contribution in [2.75, 3.05) is 43.9 Å². The van der Waals surface area contributed by atoms with E-state index >= 15 is 0 Å². The molecule has 0 saturated carbocycles. The molecule has 3 aromatic rings. The lowest BCUT2D eigenvalue weighted by atomic mass is 10.1. The highest BCUT2D eigenvalue weighted by Crippen LogP contribution is 2.27. The number of ether oxygens (including phenoxy) is 1. The number of aromatic nitrogens is 1. The van der Waals surface area contributed by atoms with Gasteiger partial charge in [-0.25, -0.2) is 13.4 Å². The Morgan fingerprint density at radius 2 is 1.79 bits per heavy atom. The van der Waals surface area contributed by atoms with Crippen molar-refractivity contribution >= 4 is 44.1 Å². The molecule has 0 aliphatic carbocycles. The van der Waals surface area contributed by atoms with E-state index < -0.39 is 9.84 Å². The molecule has 1 aliphatic rings. The summed E-state index contributed by atoms with van der Waals surface area (Å²) in [5.74, 6) is 1.29. The normalized spacial score (nSPS) is 14.6. The summed E-state index contributed by atoms with van der Waals surface area (Å²) in [6.45, 7) is 6.68. The van der Waals surface area contributed by atoms with E-state index in [9.17, 15) is 13.2 Å². The zero-order valence-corrected chi connectivity index (χ0v) is 21.1. The van der Waals surface area contributed by atoms with E-state index in [-0.39, 0.29) is 22.3 Å². The van der Waals surface area contributed by atoms with Crippen LogP contribution in [0.3, 0.4) is 0 Å². The first kappa shape index (κ1) is 24.3. The second-order valence-corrected chi connectivity index (χ2v) is 11.4. The molecule has 1 aromatic heterocycles. The third-order valence-corrected chi connectivity index (χ3v) is 7.05. The topological polar surface area (TPSA) is 79.8 Å². The quantitative estimate of drug-likeness (QED) is 0.501. The van der Waals surface area contributed by atoms with E-state index in [1.54, 1.807) is 11.0 Å². The minimum absolute atomic E-state index is 0.104. The van der Waals surface area contributed by atoms with Crippen LogP contribution in [0.5, 0.6) is 5.75 Å². The van der Waals surface area contributed by atoms with Crippen LogP contribution < -0.4 is 9.64 Å². The van der Waals surface area contributed by atoms with Gasteiger partial charge in [-0.2, -0.15) is 0 Å². The summed E-state index contributed by atoms with van der Waals surface area (Å²) in [5, 5.41) is 1.65. The highest BCUT2D eigenvalue weighted by Gasteiger charge is 2.26. The van der Waals surface area contributed by atoms with Crippen molar-refractivity contribution in [3.05, 3.63) is 59.1 Å². The molecule has 0 unspecified atom stereocenters. The van der Waals surface area contributed by atoms with Gasteiger partial charge in [0.15, 0.2) is 9.84 Å². The minimum atomic E-state index is -3.45. The van der Waals surface area contributed by atoms with Gasteiger partial charge in [-0.15, -0.1) is 0 Å². The molecule has 9 heteroatoms. The number of pyridine rings is 1. The van der Waals surface area contributed by atoms with Crippen LogP contribution in [0, 0.1) is 5.92 Å². The molecule has 2 aromatic carbocycles. The van der Waals surface area contributed by atoms with Gasteiger partial charge in [-0.05, 0) is 54.4 Å². The Kier molecular flexibility index (Phi) is 7.00. The molecule has 7 nitrogen and oxygen atoms in total. The van der Waals surface area contributed by atoms with Crippen molar-refractivity contribution in [1.29, 1.82) is 0 Å². The van der Waals surface area contributed by atoms with Crippen molar-refractivity contribution in [2.24, 2.45) is 5.92 Å². The van der Waals surface area contributed by atoms with Crippen LogP contribution in [-0.4, -0.2) is 63.3 Å². The van der Waals surface area contributed by atoms with Gasteiger partial charge in [-0.1, -0.05) is 25.4 Å². The number of carbonyl (C=O) groups excluding carboxylic acids is 1. The molecule has 0 spiro atoms. The maximum absolute atomic E-state index is 13.4. The number of nitrogens with zero attached hydrogens (tertiary/aromatic N) is 3. The lowest BCUT2D eigenvalue weighted by Crippen LogP contribution is -2.49. The number of amides is 1. The molecule has 1 fully saturated rings. The first-order chi connectivity index (χ1) is 16.1. The number of hydrogen-bond acceptors (Lipinski definition) is 6. The van der Waals surface area contributed by atoms with Crippen molar-refractivity contribution in [2.45, 2.75) is 18.7 Å². The van der Waals surface area contributed by atoms with Crippen LogP contribution >= 0.6 is 11.6 Å². The maximum atomic E-state index is 13.4. The van der Waals surface area contributed by atoms with Gasteiger partial charge >= 0.3 is 0 Å². The van der Waals surface area contributed by atoms with Gasteiger partial charge in [0.05, 0.1) is 22.6 Å². The summed E-state index contributed by atoms with van der Waals surface area (Å²) in [6.07, 6.45) is 1.13. The zero-order chi connectivity index (χ0) is 24.5. The average molecular weight is 502 g/mol. The number of anilines is 1. The summed E-state index contributed by atoms with van der Waals surface area (Å²) in [6, 6.07) is 14.0. The van der Waals surface area contributed by atoms with Crippen LogP contribution in [0.15, 0.2) is 53.4 Å². The molecule has 34 heavy (non-hydrogen) atoms. The molecule has 0 N–H and O–H groups in total. The van der Waals surface area contributed by atoms with E-state index in [4.69, 9.17) is 21.3 Å². The lowest BCUT2D eigenvalue weighted by Gasteiger charge is -2.35. The Balaban J connectivity index is 1.52. The fourth-order valence-electron chi connectivity index (χ4n) is 3.86. The standard InChI is InChI=1S/C25H28ClN3O4S/c1-17(2)16-33-23-8-6-20(34(3,31)32)15-21(23)25(30)29-12-10-28(11-13-29)24-9-4-18-14-19(26)5-7-22(18)27-24/h4-9,14-15,17H,10-13,16H2,1-3H3. The number of rotatable bonds is 6. The monoisotopic (exact) mass is 501 g/mol. The summed E-state index contributed by atoms with van der Waals surface area (Å²) >= 11 is 6.07. The molecule has 180 valence electrons. The Morgan fingerprint density at radius 1 is 1.06 bits per heavy atom. The van der Waals surface area contributed by atoms with Crippen LogP contribution in [-0.2, 0) is 9.84 Å². The van der Waals surface area contributed by atoms with Crippen molar-refractivity contribution in [1.82, 2.24) is 9.88 Å². The fourth-order valence-corrected chi connectivity index (χ4v) is 4.69. The molecule has 0 radical (unpaired) electrons. The van der Waals surface area contributed by atoms with Gasteiger partial charge < -0.3 is 14.5 Å². The number of hydrogen-bond donors (Lipinski definition) is 0. The Hall–Kier alpha value is -2.84. The highest BCUT2D eigenvalue weighted by molar-refractivity contribution is 7.90. The number of fused-ring (bicyclic) bond motifs is 1.